The summed E-state index contributed by atoms with van der Waals surface area (Å²) in [6.45, 7) is 0.975. The minimum absolute atomic E-state index is 0.0627. The molecule has 1 aromatic rings. The maximum Gasteiger partial charge on any atom is 0.234 e. The first-order chi connectivity index (χ1) is 10.1. The van der Waals surface area contributed by atoms with Gasteiger partial charge in [-0.2, -0.15) is 4.98 Å². The highest BCUT2D eigenvalue weighted by atomic mass is 32.2. The Balaban J connectivity index is 1.59. The van der Waals surface area contributed by atoms with E-state index >= 15 is 0 Å². The molecule has 0 unspecified atom stereocenters. The predicted octanol–water partition coefficient (Wildman–Crippen LogP) is 1.32. The van der Waals surface area contributed by atoms with E-state index in [2.05, 4.69) is 15.5 Å². The average Bonchev–Trinajstić information content (AvgIpc) is 3.08. The number of fused-ring (bicyclic) bond motifs is 1. The molecule has 0 amide bonds. The quantitative estimate of drug-likeness (QED) is 0.902. The maximum absolute atomic E-state index is 12.0. The maximum atomic E-state index is 12.0. The van der Waals surface area contributed by atoms with Crippen LogP contribution in [0.4, 0.5) is 0 Å². The van der Waals surface area contributed by atoms with Crippen molar-refractivity contribution in [2.24, 2.45) is 0 Å². The molecule has 2 atom stereocenters. The highest BCUT2D eigenvalue weighted by molar-refractivity contribution is 7.91. The van der Waals surface area contributed by atoms with Crippen molar-refractivity contribution in [3.8, 4) is 0 Å². The fourth-order valence-electron chi connectivity index (χ4n) is 3.91. The van der Waals surface area contributed by atoms with E-state index in [9.17, 15) is 8.42 Å². The lowest BCUT2D eigenvalue weighted by Gasteiger charge is -2.35. The second-order valence-electron chi connectivity index (χ2n) is 6.68. The molecule has 21 heavy (non-hydrogen) atoms. The smallest absolute Gasteiger partial charge is 0.234 e. The van der Waals surface area contributed by atoms with Crippen LogP contribution in [-0.4, -0.2) is 36.4 Å². The van der Waals surface area contributed by atoms with Gasteiger partial charge in [-0.05, 0) is 38.6 Å². The highest BCUT2D eigenvalue weighted by Gasteiger charge is 2.49. The number of nitrogens with zero attached hydrogens (tertiary/aromatic N) is 2. The van der Waals surface area contributed by atoms with Crippen LogP contribution < -0.4 is 5.32 Å². The first kappa shape index (κ1) is 13.7. The fraction of sp³-hybridized carbons (Fsp3) is 0.857. The van der Waals surface area contributed by atoms with Gasteiger partial charge in [-0.3, -0.25) is 0 Å². The molecule has 0 aromatic carbocycles. The van der Waals surface area contributed by atoms with Crippen LogP contribution in [0.15, 0.2) is 4.52 Å². The number of rotatable bonds is 4. The zero-order valence-corrected chi connectivity index (χ0v) is 12.9. The van der Waals surface area contributed by atoms with Crippen LogP contribution in [0.1, 0.15) is 56.7 Å². The molecule has 2 heterocycles. The van der Waals surface area contributed by atoms with Crippen molar-refractivity contribution in [1.82, 2.24) is 15.5 Å². The van der Waals surface area contributed by atoms with E-state index in [1.807, 2.05) is 0 Å². The number of nitrogens with one attached hydrogen (secondary N) is 1. The average molecular weight is 311 g/mol. The summed E-state index contributed by atoms with van der Waals surface area (Å²) in [4.78, 5) is 4.47. The van der Waals surface area contributed by atoms with Gasteiger partial charge in [-0.25, -0.2) is 8.42 Å². The van der Waals surface area contributed by atoms with Gasteiger partial charge in [0.1, 0.15) is 5.75 Å². The van der Waals surface area contributed by atoms with Gasteiger partial charge in [0, 0.05) is 6.04 Å². The van der Waals surface area contributed by atoms with E-state index in [0.29, 0.717) is 17.8 Å². The zero-order chi connectivity index (χ0) is 14.5. The third kappa shape index (κ3) is 2.30. The van der Waals surface area contributed by atoms with Gasteiger partial charge in [0.15, 0.2) is 15.7 Å². The number of hydrogen-bond acceptors (Lipinski definition) is 6. The Bertz CT molecular complexity index is 638. The lowest BCUT2D eigenvalue weighted by atomic mass is 9.70. The van der Waals surface area contributed by atoms with Crippen LogP contribution in [-0.2, 0) is 21.0 Å². The van der Waals surface area contributed by atoms with Crippen molar-refractivity contribution in [3.63, 3.8) is 0 Å². The van der Waals surface area contributed by atoms with Crippen molar-refractivity contribution >= 4 is 9.84 Å². The molecule has 6 nitrogen and oxygen atoms in total. The fourth-order valence-corrected chi connectivity index (χ4v) is 5.48. The normalized spacial score (nSPS) is 33.0. The summed E-state index contributed by atoms with van der Waals surface area (Å²) >= 11 is 0. The van der Waals surface area contributed by atoms with Crippen LogP contribution >= 0.6 is 0 Å². The third-order valence-electron chi connectivity index (χ3n) is 5.25. The first-order valence-electron chi connectivity index (χ1n) is 7.88. The van der Waals surface area contributed by atoms with E-state index in [1.165, 1.54) is 12.8 Å². The van der Waals surface area contributed by atoms with E-state index in [-0.39, 0.29) is 16.4 Å². The monoisotopic (exact) mass is 311 g/mol. The molecule has 3 aliphatic rings. The lowest BCUT2D eigenvalue weighted by molar-refractivity contribution is 0.199. The largest absolute Gasteiger partial charge is 0.339 e. The summed E-state index contributed by atoms with van der Waals surface area (Å²) in [5.41, 5.74) is -0.0627. The summed E-state index contributed by atoms with van der Waals surface area (Å²) in [5, 5.41) is 7.31. The molecule has 0 bridgehead atoms. The van der Waals surface area contributed by atoms with Crippen molar-refractivity contribution in [2.75, 3.05) is 6.54 Å². The second-order valence-corrected chi connectivity index (χ2v) is 8.96. The van der Waals surface area contributed by atoms with E-state index < -0.39 is 9.84 Å². The standard InChI is InChI=1S/C14H21N3O3S/c18-21(19,10-4-5-10)9-12-16-13(20-17-12)14-6-2-1-3-11(14)15-8-7-14/h10-11,15H,1-9H2/t11-,14+/m0/s1. The highest BCUT2D eigenvalue weighted by Crippen LogP contribution is 2.44. The summed E-state index contributed by atoms with van der Waals surface area (Å²) in [6.07, 6.45) is 7.17. The van der Waals surface area contributed by atoms with Crippen molar-refractivity contribution in [2.45, 2.75) is 67.4 Å². The van der Waals surface area contributed by atoms with Gasteiger partial charge in [0.25, 0.3) is 0 Å². The summed E-state index contributed by atoms with van der Waals surface area (Å²) in [6, 6.07) is 0.402. The number of hydrogen-bond donors (Lipinski definition) is 1. The van der Waals surface area contributed by atoms with E-state index in [1.54, 1.807) is 0 Å². The molecule has 0 spiro atoms. The van der Waals surface area contributed by atoms with Crippen LogP contribution in [0.3, 0.4) is 0 Å². The minimum atomic E-state index is -3.08. The van der Waals surface area contributed by atoms with Crippen LogP contribution in [0, 0.1) is 0 Å². The van der Waals surface area contributed by atoms with E-state index in [4.69, 9.17) is 4.52 Å². The van der Waals surface area contributed by atoms with Gasteiger partial charge in [-0.1, -0.05) is 18.0 Å². The Labute approximate surface area is 124 Å². The summed E-state index contributed by atoms with van der Waals surface area (Å²) in [7, 11) is -3.08. The van der Waals surface area contributed by atoms with Crippen molar-refractivity contribution < 1.29 is 12.9 Å². The minimum Gasteiger partial charge on any atom is -0.339 e. The van der Waals surface area contributed by atoms with Gasteiger partial charge >= 0.3 is 0 Å². The van der Waals surface area contributed by atoms with Gasteiger partial charge < -0.3 is 9.84 Å². The Morgan fingerprint density at radius 3 is 2.90 bits per heavy atom. The molecule has 2 saturated carbocycles. The molecular weight excluding hydrogens is 290 g/mol. The molecule has 1 aromatic heterocycles. The van der Waals surface area contributed by atoms with E-state index in [0.717, 1.165) is 38.6 Å². The zero-order valence-electron chi connectivity index (χ0n) is 12.0. The van der Waals surface area contributed by atoms with Crippen LogP contribution in [0.2, 0.25) is 0 Å². The Hall–Kier alpha value is -0.950. The van der Waals surface area contributed by atoms with Crippen LogP contribution in [0.5, 0.6) is 0 Å². The predicted molar refractivity (Wildman–Crippen MR) is 76.5 cm³/mol. The van der Waals surface area contributed by atoms with Gasteiger partial charge in [0.05, 0.1) is 10.7 Å². The first-order valence-corrected chi connectivity index (χ1v) is 9.60. The molecule has 1 N–H and O–H groups in total. The Morgan fingerprint density at radius 1 is 1.24 bits per heavy atom. The summed E-state index contributed by atoms with van der Waals surface area (Å²) < 4.78 is 29.6. The molecule has 4 rings (SSSR count). The van der Waals surface area contributed by atoms with Crippen molar-refractivity contribution in [3.05, 3.63) is 11.7 Å². The van der Waals surface area contributed by atoms with Gasteiger partial charge in [-0.15, -0.1) is 0 Å². The molecule has 3 fully saturated rings. The molecule has 0 radical (unpaired) electrons. The molecular formula is C14H21N3O3S. The number of sulfone groups is 1. The summed E-state index contributed by atoms with van der Waals surface area (Å²) in [5.74, 6) is 0.913. The molecule has 1 saturated heterocycles. The topological polar surface area (TPSA) is 85.1 Å². The SMILES string of the molecule is O=S(=O)(Cc1noc([C@@]23CCCC[C@@H]2NCC3)n1)C1CC1. The second kappa shape index (κ2) is 4.78. The molecule has 2 aliphatic carbocycles. The third-order valence-corrected chi connectivity index (χ3v) is 7.40. The molecule has 7 heteroatoms. The van der Waals surface area contributed by atoms with Crippen LogP contribution in [0.25, 0.3) is 0 Å². The Morgan fingerprint density at radius 2 is 2.10 bits per heavy atom. The molecule has 1 aliphatic heterocycles. The number of aromatic nitrogens is 2. The van der Waals surface area contributed by atoms with Gasteiger partial charge in [0.2, 0.25) is 5.89 Å². The van der Waals surface area contributed by atoms with Crippen molar-refractivity contribution in [1.29, 1.82) is 0 Å². The Kier molecular flexibility index (Phi) is 3.11. The molecule has 116 valence electrons. The lowest BCUT2D eigenvalue weighted by Crippen LogP contribution is -2.43.